The van der Waals surface area contributed by atoms with Crippen molar-refractivity contribution >= 4 is 5.95 Å². The first-order valence-electron chi connectivity index (χ1n) is 6.85. The Hall–Kier alpha value is -2.41. The van der Waals surface area contributed by atoms with Gasteiger partial charge in [0.25, 0.3) is 0 Å². The van der Waals surface area contributed by atoms with Crippen molar-refractivity contribution in [1.29, 1.82) is 5.26 Å². The Bertz CT molecular complexity index is 655. The van der Waals surface area contributed by atoms with Crippen molar-refractivity contribution in [1.82, 2.24) is 9.97 Å². The van der Waals surface area contributed by atoms with Gasteiger partial charge in [0, 0.05) is 25.0 Å². The topological polar surface area (TPSA) is 52.8 Å². The predicted octanol–water partition coefficient (Wildman–Crippen LogP) is 2.94. The number of nitrogens with zero attached hydrogens (tertiary/aromatic N) is 4. The van der Waals surface area contributed by atoms with Crippen LogP contribution in [0.2, 0.25) is 0 Å². The van der Waals surface area contributed by atoms with Gasteiger partial charge in [-0.1, -0.05) is 18.2 Å². The predicted molar refractivity (Wildman–Crippen MR) is 78.1 cm³/mol. The van der Waals surface area contributed by atoms with E-state index in [0.717, 1.165) is 11.1 Å². The molecule has 1 aromatic carbocycles. The molecule has 0 radical (unpaired) electrons. The van der Waals surface area contributed by atoms with Crippen molar-refractivity contribution < 1.29 is 0 Å². The molecule has 4 heteroatoms. The second-order valence-electron chi connectivity index (χ2n) is 5.12. The molecular weight excluding hydrogens is 248 g/mol. The molecule has 0 N–H and O–H groups in total. The Balaban J connectivity index is 1.91. The highest BCUT2D eigenvalue weighted by molar-refractivity contribution is 5.64. The summed E-state index contributed by atoms with van der Waals surface area (Å²) in [5.41, 5.74) is 5.07. The molecule has 2 aromatic rings. The van der Waals surface area contributed by atoms with Crippen LogP contribution < -0.4 is 4.90 Å². The Kier molecular flexibility index (Phi) is 3.34. The number of aryl methyl sites for hydroxylation is 2. The molecule has 1 heterocycles. The highest BCUT2D eigenvalue weighted by Gasteiger charge is 2.11. The molecule has 0 atom stereocenters. The molecule has 1 aromatic heterocycles. The summed E-state index contributed by atoms with van der Waals surface area (Å²) in [6.07, 6.45) is 10.5. The summed E-state index contributed by atoms with van der Waals surface area (Å²) in [6.45, 7) is 0. The number of nitriles is 1. The van der Waals surface area contributed by atoms with Crippen LogP contribution >= 0.6 is 0 Å². The molecule has 0 bridgehead atoms. The highest BCUT2D eigenvalue weighted by Crippen LogP contribution is 2.27. The van der Waals surface area contributed by atoms with E-state index in [2.05, 4.69) is 28.2 Å². The first-order chi connectivity index (χ1) is 9.78. The lowest BCUT2D eigenvalue weighted by Crippen LogP contribution is -2.11. The Morgan fingerprint density at radius 2 is 1.75 bits per heavy atom. The molecule has 20 heavy (non-hydrogen) atoms. The third kappa shape index (κ3) is 2.35. The van der Waals surface area contributed by atoms with Gasteiger partial charge in [0.1, 0.15) is 0 Å². The fourth-order valence-corrected chi connectivity index (χ4v) is 2.60. The normalized spacial score (nSPS) is 13.4. The zero-order chi connectivity index (χ0) is 13.9. The molecule has 100 valence electrons. The zero-order valence-electron chi connectivity index (χ0n) is 11.5. The van der Waals surface area contributed by atoms with Gasteiger partial charge in [0.2, 0.25) is 5.95 Å². The van der Waals surface area contributed by atoms with Crippen LogP contribution in [0.15, 0.2) is 30.6 Å². The fourth-order valence-electron chi connectivity index (χ4n) is 2.60. The third-order valence-electron chi connectivity index (χ3n) is 3.77. The molecule has 0 amide bonds. The molecule has 1 aliphatic rings. The third-order valence-corrected chi connectivity index (χ3v) is 3.77. The second kappa shape index (κ2) is 5.30. The van der Waals surface area contributed by atoms with Crippen molar-refractivity contribution in [3.63, 3.8) is 0 Å². The SMILES string of the molecule is CN(C#N)c1ncc(-c2ccc3c(c2)CCCC3)cn1. The van der Waals surface area contributed by atoms with Crippen LogP contribution in [0.5, 0.6) is 0 Å². The van der Waals surface area contributed by atoms with Gasteiger partial charge in [-0.25, -0.2) is 9.97 Å². The monoisotopic (exact) mass is 264 g/mol. The molecule has 1 aliphatic carbocycles. The van der Waals surface area contributed by atoms with Crippen LogP contribution in [0.4, 0.5) is 5.95 Å². The van der Waals surface area contributed by atoms with Crippen LogP contribution in [-0.2, 0) is 12.8 Å². The van der Waals surface area contributed by atoms with E-state index < -0.39 is 0 Å². The summed E-state index contributed by atoms with van der Waals surface area (Å²) in [4.78, 5) is 9.80. The van der Waals surface area contributed by atoms with Gasteiger partial charge in [-0.2, -0.15) is 5.26 Å². The van der Waals surface area contributed by atoms with E-state index in [9.17, 15) is 0 Å². The number of hydrogen-bond acceptors (Lipinski definition) is 4. The summed E-state index contributed by atoms with van der Waals surface area (Å²) in [7, 11) is 1.65. The molecule has 0 spiro atoms. The Labute approximate surface area is 118 Å². The lowest BCUT2D eigenvalue weighted by Gasteiger charge is -2.16. The smallest absolute Gasteiger partial charge is 0.238 e. The van der Waals surface area contributed by atoms with Gasteiger partial charge < -0.3 is 0 Å². The van der Waals surface area contributed by atoms with Crippen LogP contribution in [-0.4, -0.2) is 17.0 Å². The summed E-state index contributed by atoms with van der Waals surface area (Å²) >= 11 is 0. The van der Waals surface area contributed by atoms with E-state index in [1.165, 1.54) is 41.7 Å². The van der Waals surface area contributed by atoms with Gasteiger partial charge in [0.05, 0.1) is 0 Å². The molecule has 3 rings (SSSR count). The number of anilines is 1. The first kappa shape index (κ1) is 12.6. The number of fused-ring (bicyclic) bond motifs is 1. The van der Waals surface area contributed by atoms with Crippen molar-refractivity contribution in [3.05, 3.63) is 41.7 Å². The molecule has 0 saturated heterocycles. The standard InChI is InChI=1S/C16H16N4/c1-20(11-17)16-18-9-15(10-19-16)14-7-6-12-4-2-3-5-13(12)8-14/h6-10H,2-5H2,1H3. The molecule has 0 fully saturated rings. The van der Waals surface area contributed by atoms with Crippen molar-refractivity contribution in [2.75, 3.05) is 11.9 Å². The molecule has 0 unspecified atom stereocenters. The van der Waals surface area contributed by atoms with Gasteiger partial charge >= 0.3 is 0 Å². The molecule has 0 aliphatic heterocycles. The van der Waals surface area contributed by atoms with E-state index in [4.69, 9.17) is 5.26 Å². The zero-order valence-corrected chi connectivity index (χ0v) is 11.5. The minimum Gasteiger partial charge on any atom is -0.250 e. The van der Waals surface area contributed by atoms with Gasteiger partial charge in [-0.15, -0.1) is 0 Å². The summed E-state index contributed by atoms with van der Waals surface area (Å²) < 4.78 is 0. The van der Waals surface area contributed by atoms with E-state index >= 15 is 0 Å². The van der Waals surface area contributed by atoms with E-state index in [1.54, 1.807) is 19.4 Å². The van der Waals surface area contributed by atoms with Crippen LogP contribution in [0.3, 0.4) is 0 Å². The lowest BCUT2D eigenvalue weighted by molar-refractivity contribution is 0.686. The highest BCUT2D eigenvalue weighted by atomic mass is 15.2. The summed E-state index contributed by atoms with van der Waals surface area (Å²) in [5.74, 6) is 0.425. The number of aromatic nitrogens is 2. The van der Waals surface area contributed by atoms with E-state index in [0.29, 0.717) is 5.95 Å². The average molecular weight is 264 g/mol. The Morgan fingerprint density at radius 1 is 1.05 bits per heavy atom. The maximum absolute atomic E-state index is 8.80. The minimum atomic E-state index is 0.425. The van der Waals surface area contributed by atoms with E-state index in [1.807, 2.05) is 6.19 Å². The second-order valence-corrected chi connectivity index (χ2v) is 5.12. The lowest BCUT2D eigenvalue weighted by atomic mass is 9.89. The quantitative estimate of drug-likeness (QED) is 0.618. The van der Waals surface area contributed by atoms with Crippen LogP contribution in [0.1, 0.15) is 24.0 Å². The summed E-state index contributed by atoms with van der Waals surface area (Å²) in [5, 5.41) is 8.80. The molecule has 0 saturated carbocycles. The molecular formula is C16H16N4. The Morgan fingerprint density at radius 3 is 2.45 bits per heavy atom. The maximum Gasteiger partial charge on any atom is 0.238 e. The van der Waals surface area contributed by atoms with Crippen LogP contribution in [0.25, 0.3) is 11.1 Å². The van der Waals surface area contributed by atoms with Crippen molar-refractivity contribution in [2.45, 2.75) is 25.7 Å². The van der Waals surface area contributed by atoms with Crippen LogP contribution in [0, 0.1) is 11.5 Å². The fraction of sp³-hybridized carbons (Fsp3) is 0.312. The number of hydrogen-bond donors (Lipinski definition) is 0. The largest absolute Gasteiger partial charge is 0.250 e. The number of rotatable bonds is 2. The summed E-state index contributed by atoms with van der Waals surface area (Å²) in [6, 6.07) is 6.61. The van der Waals surface area contributed by atoms with Crippen molar-refractivity contribution in [3.8, 4) is 17.3 Å². The van der Waals surface area contributed by atoms with Gasteiger partial charge in [-0.05, 0) is 42.4 Å². The first-order valence-corrected chi connectivity index (χ1v) is 6.85. The van der Waals surface area contributed by atoms with Crippen molar-refractivity contribution in [2.24, 2.45) is 0 Å². The number of benzene rings is 1. The van der Waals surface area contributed by atoms with Gasteiger partial charge in [-0.3, -0.25) is 4.90 Å². The average Bonchev–Trinajstić information content (AvgIpc) is 2.54. The molecule has 4 nitrogen and oxygen atoms in total. The van der Waals surface area contributed by atoms with Gasteiger partial charge in [0.15, 0.2) is 6.19 Å². The maximum atomic E-state index is 8.80. The van der Waals surface area contributed by atoms with E-state index in [-0.39, 0.29) is 0 Å². The minimum absolute atomic E-state index is 0.425.